The number of aromatic amines is 1. The zero-order chi connectivity index (χ0) is 19.7. The Labute approximate surface area is 160 Å². The maximum Gasteiger partial charge on any atom is 0.364 e. The van der Waals surface area contributed by atoms with Crippen LogP contribution >= 0.6 is 12.6 Å². The average Bonchev–Trinajstić information content (AvgIpc) is 3.18. The average molecular weight is 395 g/mol. The minimum Gasteiger partial charge on any atom is -0.450 e. The summed E-state index contributed by atoms with van der Waals surface area (Å²) in [7, 11) is 0. The van der Waals surface area contributed by atoms with Crippen LogP contribution in [0.4, 0.5) is 10.7 Å². The van der Waals surface area contributed by atoms with E-state index in [-0.39, 0.29) is 35.0 Å². The quantitative estimate of drug-likeness (QED) is 0.520. The van der Waals surface area contributed by atoms with E-state index < -0.39 is 23.2 Å². The standard InChI is InChI=1S/C16H21N5O5S/c1-4-8-5-9(26-16(24)27)14(25-8)21-6-17-10-11(21)18-15(20-13(10)23)19-12(22)7(2)3/h6-9,14H,4-5H2,1-3H3,(H,24,27)(H2,18,19,20,22,23)/t8-,9-,14-/m1/s1. The van der Waals surface area contributed by atoms with E-state index in [1.165, 1.54) is 10.9 Å². The van der Waals surface area contributed by atoms with E-state index in [1.807, 2.05) is 6.92 Å². The fourth-order valence-electron chi connectivity index (χ4n) is 2.89. The molecule has 146 valence electrons. The molecule has 0 unspecified atom stereocenters. The number of rotatable bonds is 5. The van der Waals surface area contributed by atoms with Crippen LogP contribution in [0.3, 0.4) is 0 Å². The summed E-state index contributed by atoms with van der Waals surface area (Å²) in [6.45, 7) is 5.41. The van der Waals surface area contributed by atoms with Crippen molar-refractivity contribution in [2.75, 3.05) is 5.32 Å². The molecule has 1 aliphatic heterocycles. The van der Waals surface area contributed by atoms with Gasteiger partial charge in [-0.3, -0.25) is 24.5 Å². The summed E-state index contributed by atoms with van der Waals surface area (Å²) in [5.74, 6) is -0.548. The highest BCUT2D eigenvalue weighted by Gasteiger charge is 2.39. The molecule has 3 rings (SSSR count). The van der Waals surface area contributed by atoms with Crippen LogP contribution in [0, 0.1) is 5.92 Å². The van der Waals surface area contributed by atoms with Crippen molar-refractivity contribution in [3.8, 4) is 0 Å². The third-order valence-corrected chi connectivity index (χ3v) is 4.43. The molecule has 1 fully saturated rings. The Morgan fingerprint density at radius 3 is 2.89 bits per heavy atom. The summed E-state index contributed by atoms with van der Waals surface area (Å²) in [6, 6.07) is 0. The molecule has 1 aliphatic rings. The van der Waals surface area contributed by atoms with Gasteiger partial charge >= 0.3 is 5.30 Å². The minimum absolute atomic E-state index is 0.0146. The van der Waals surface area contributed by atoms with Crippen LogP contribution in [0.2, 0.25) is 0 Å². The van der Waals surface area contributed by atoms with Gasteiger partial charge in [-0.2, -0.15) is 4.98 Å². The first kappa shape index (κ1) is 19.4. The number of aromatic nitrogens is 4. The second-order valence-electron chi connectivity index (χ2n) is 6.60. The highest BCUT2D eigenvalue weighted by Crippen LogP contribution is 2.34. The number of hydrogen-bond donors (Lipinski definition) is 3. The van der Waals surface area contributed by atoms with Crippen LogP contribution in [0.5, 0.6) is 0 Å². The van der Waals surface area contributed by atoms with Crippen molar-refractivity contribution in [3.05, 3.63) is 16.7 Å². The van der Waals surface area contributed by atoms with Gasteiger partial charge in [0.1, 0.15) is 0 Å². The summed E-state index contributed by atoms with van der Waals surface area (Å²) in [5.41, 5.74) is -0.178. The van der Waals surface area contributed by atoms with Gasteiger partial charge in [-0.05, 0) is 6.42 Å². The fourth-order valence-corrected chi connectivity index (χ4v) is 3.03. The smallest absolute Gasteiger partial charge is 0.364 e. The van der Waals surface area contributed by atoms with Gasteiger partial charge in [0.25, 0.3) is 5.56 Å². The molecule has 2 aromatic rings. The number of hydrogen-bond acceptors (Lipinski definition) is 7. The molecule has 27 heavy (non-hydrogen) atoms. The number of nitrogens with one attached hydrogen (secondary N) is 2. The number of thiol groups is 1. The maximum absolute atomic E-state index is 12.3. The number of ether oxygens (including phenoxy) is 2. The Kier molecular flexibility index (Phi) is 5.51. The number of H-pyrrole nitrogens is 1. The van der Waals surface area contributed by atoms with Gasteiger partial charge in [0, 0.05) is 12.3 Å². The zero-order valence-corrected chi connectivity index (χ0v) is 16.0. The molecule has 10 nitrogen and oxygen atoms in total. The first-order valence-corrected chi connectivity index (χ1v) is 9.07. The highest BCUT2D eigenvalue weighted by molar-refractivity contribution is 7.96. The Morgan fingerprint density at radius 1 is 1.52 bits per heavy atom. The van der Waals surface area contributed by atoms with Crippen LogP contribution in [0.1, 0.15) is 39.8 Å². The van der Waals surface area contributed by atoms with Crippen molar-refractivity contribution in [3.63, 3.8) is 0 Å². The number of imidazole rings is 1. The van der Waals surface area contributed by atoms with Crippen molar-refractivity contribution in [1.29, 1.82) is 0 Å². The van der Waals surface area contributed by atoms with Crippen LogP contribution in [-0.4, -0.2) is 42.9 Å². The van der Waals surface area contributed by atoms with Crippen LogP contribution in [0.25, 0.3) is 11.2 Å². The van der Waals surface area contributed by atoms with Crippen molar-refractivity contribution in [1.82, 2.24) is 19.5 Å². The molecule has 0 aromatic carbocycles. The molecular weight excluding hydrogens is 374 g/mol. The molecule has 0 bridgehead atoms. The summed E-state index contributed by atoms with van der Waals surface area (Å²) in [4.78, 5) is 46.4. The third-order valence-electron chi connectivity index (χ3n) is 4.33. The lowest BCUT2D eigenvalue weighted by atomic mass is 10.1. The molecule has 0 spiro atoms. The summed E-state index contributed by atoms with van der Waals surface area (Å²) in [5, 5.41) is 1.84. The second-order valence-corrected chi connectivity index (χ2v) is 6.96. The van der Waals surface area contributed by atoms with E-state index in [9.17, 15) is 14.4 Å². The Morgan fingerprint density at radius 2 is 2.26 bits per heavy atom. The largest absolute Gasteiger partial charge is 0.450 e. The molecule has 1 amide bonds. The SMILES string of the molecule is CC[C@@H]1C[C@@H](OC(=O)S)[C@H](n2cnc3c(=O)[nH]c(NC(=O)C(C)C)nc32)O1. The number of carbonyl (C=O) groups is 2. The number of carbonyl (C=O) groups excluding carboxylic acids is 2. The number of nitrogens with zero attached hydrogens (tertiary/aromatic N) is 3. The van der Waals surface area contributed by atoms with E-state index in [0.717, 1.165) is 6.42 Å². The van der Waals surface area contributed by atoms with E-state index in [0.29, 0.717) is 6.42 Å². The Hall–Kier alpha value is -2.40. The molecular formula is C16H21N5O5S. The molecule has 0 aliphatic carbocycles. The topological polar surface area (TPSA) is 128 Å². The van der Waals surface area contributed by atoms with Gasteiger partial charge in [0.2, 0.25) is 11.9 Å². The maximum atomic E-state index is 12.3. The predicted molar refractivity (Wildman–Crippen MR) is 99.7 cm³/mol. The monoisotopic (exact) mass is 395 g/mol. The summed E-state index contributed by atoms with van der Waals surface area (Å²) >= 11 is 3.67. The normalized spacial score (nSPS) is 22.3. The van der Waals surface area contributed by atoms with Crippen LogP contribution in [-0.2, 0) is 14.3 Å². The Bertz CT molecular complexity index is 924. The van der Waals surface area contributed by atoms with E-state index in [2.05, 4.69) is 32.9 Å². The van der Waals surface area contributed by atoms with E-state index in [4.69, 9.17) is 9.47 Å². The number of fused-ring (bicyclic) bond motifs is 1. The fraction of sp³-hybridized carbons (Fsp3) is 0.562. The second kappa shape index (κ2) is 7.69. The first-order chi connectivity index (χ1) is 12.8. The Balaban J connectivity index is 2.01. The highest BCUT2D eigenvalue weighted by atomic mass is 32.1. The molecule has 11 heteroatoms. The lowest BCUT2D eigenvalue weighted by molar-refractivity contribution is -0.118. The van der Waals surface area contributed by atoms with Crippen LogP contribution < -0.4 is 10.9 Å². The molecule has 0 radical (unpaired) electrons. The summed E-state index contributed by atoms with van der Waals surface area (Å²) < 4.78 is 12.7. The van der Waals surface area contributed by atoms with Crippen molar-refractivity contribution in [2.24, 2.45) is 5.92 Å². The lowest BCUT2D eigenvalue weighted by Crippen LogP contribution is -2.25. The number of amides is 1. The zero-order valence-electron chi connectivity index (χ0n) is 15.1. The molecule has 3 atom stereocenters. The third kappa shape index (κ3) is 3.98. The molecule has 3 heterocycles. The molecule has 0 saturated carbocycles. The van der Waals surface area contributed by atoms with Gasteiger partial charge in [-0.15, -0.1) is 0 Å². The van der Waals surface area contributed by atoms with Gasteiger partial charge in [-0.25, -0.2) is 9.78 Å². The predicted octanol–water partition coefficient (Wildman–Crippen LogP) is 1.85. The first-order valence-electron chi connectivity index (χ1n) is 8.62. The summed E-state index contributed by atoms with van der Waals surface area (Å²) in [6.07, 6.45) is 1.22. The van der Waals surface area contributed by atoms with Gasteiger partial charge in [0.15, 0.2) is 23.5 Å². The van der Waals surface area contributed by atoms with Crippen molar-refractivity contribution >= 4 is 40.9 Å². The van der Waals surface area contributed by atoms with Crippen molar-refractivity contribution in [2.45, 2.75) is 52.0 Å². The molecule has 2 N–H and O–H groups in total. The van der Waals surface area contributed by atoms with E-state index in [1.54, 1.807) is 13.8 Å². The van der Waals surface area contributed by atoms with Gasteiger partial charge in [-0.1, -0.05) is 33.4 Å². The van der Waals surface area contributed by atoms with Crippen molar-refractivity contribution < 1.29 is 19.1 Å². The lowest BCUT2D eigenvalue weighted by Gasteiger charge is -2.19. The minimum atomic E-state index is -0.717. The molecule has 1 saturated heterocycles. The van der Waals surface area contributed by atoms with Gasteiger partial charge < -0.3 is 9.47 Å². The van der Waals surface area contributed by atoms with E-state index >= 15 is 0 Å². The van der Waals surface area contributed by atoms with Gasteiger partial charge in [0.05, 0.1) is 12.4 Å². The number of anilines is 1. The van der Waals surface area contributed by atoms with Crippen LogP contribution in [0.15, 0.2) is 11.1 Å². The molecule has 2 aromatic heterocycles.